The Labute approximate surface area is 178 Å². The monoisotopic (exact) mass is 434 g/mol. The van der Waals surface area contributed by atoms with Gasteiger partial charge in [-0.1, -0.05) is 42.4 Å². The molecule has 2 heterocycles. The minimum atomic E-state index is -3.65. The first-order chi connectivity index (χ1) is 14.2. The van der Waals surface area contributed by atoms with Gasteiger partial charge in [-0.05, 0) is 32.3 Å². The Kier molecular flexibility index (Phi) is 6.95. The average Bonchev–Trinajstić information content (AvgIpc) is 3.10. The standard InChI is InChI=1S/C21H30N4O4S/c1-15(19-8-6-5-7-9-19)14-22-21(26)17(3)24-10-12-25(13-11-24)30(27,28)20-16(2)23-29-18(20)4/h5-9,15,17H,10-14H2,1-4H3,(H,22,26). The lowest BCUT2D eigenvalue weighted by atomic mass is 10.0. The number of amides is 1. The quantitative estimate of drug-likeness (QED) is 0.715. The molecule has 1 saturated heterocycles. The van der Waals surface area contributed by atoms with Crippen LogP contribution < -0.4 is 5.32 Å². The number of hydrogen-bond donors (Lipinski definition) is 1. The van der Waals surface area contributed by atoms with Crippen LogP contribution in [0, 0.1) is 13.8 Å². The molecule has 3 rings (SSSR count). The first-order valence-corrected chi connectivity index (χ1v) is 11.7. The third kappa shape index (κ3) is 4.74. The number of hydrogen-bond acceptors (Lipinski definition) is 6. The van der Waals surface area contributed by atoms with Crippen LogP contribution in [0.2, 0.25) is 0 Å². The van der Waals surface area contributed by atoms with Crippen molar-refractivity contribution in [1.82, 2.24) is 19.7 Å². The van der Waals surface area contributed by atoms with E-state index >= 15 is 0 Å². The second-order valence-corrected chi connectivity index (χ2v) is 9.70. The number of carbonyl (C=O) groups is 1. The molecule has 30 heavy (non-hydrogen) atoms. The second kappa shape index (κ2) is 9.28. The topological polar surface area (TPSA) is 95.8 Å². The zero-order chi connectivity index (χ0) is 21.9. The summed E-state index contributed by atoms with van der Waals surface area (Å²) in [4.78, 5) is 14.8. The first kappa shape index (κ1) is 22.5. The van der Waals surface area contributed by atoms with Crippen LogP contribution in [0.1, 0.15) is 36.8 Å². The fraction of sp³-hybridized carbons (Fsp3) is 0.524. The van der Waals surface area contributed by atoms with E-state index in [4.69, 9.17) is 4.52 Å². The summed E-state index contributed by atoms with van der Waals surface area (Å²) >= 11 is 0. The van der Waals surface area contributed by atoms with Crippen LogP contribution in [0.4, 0.5) is 0 Å². The van der Waals surface area contributed by atoms with Crippen molar-refractivity contribution in [3.63, 3.8) is 0 Å². The second-order valence-electron chi connectivity index (χ2n) is 7.83. The molecular formula is C21H30N4O4S. The van der Waals surface area contributed by atoms with Crippen LogP contribution in [-0.2, 0) is 14.8 Å². The smallest absolute Gasteiger partial charge is 0.248 e. The molecular weight excluding hydrogens is 404 g/mol. The Morgan fingerprint density at radius 1 is 1.13 bits per heavy atom. The average molecular weight is 435 g/mol. The predicted octanol–water partition coefficient (Wildman–Crippen LogP) is 1.91. The number of benzene rings is 1. The molecule has 1 N–H and O–H groups in total. The van der Waals surface area contributed by atoms with Crippen LogP contribution in [-0.4, -0.2) is 67.5 Å². The SMILES string of the molecule is Cc1noc(C)c1S(=O)(=O)N1CCN(C(C)C(=O)NCC(C)c2ccccc2)CC1. The Balaban J connectivity index is 1.53. The summed E-state index contributed by atoms with van der Waals surface area (Å²) in [6.45, 7) is 9.37. The fourth-order valence-electron chi connectivity index (χ4n) is 3.77. The van der Waals surface area contributed by atoms with Gasteiger partial charge in [0.15, 0.2) is 5.76 Å². The van der Waals surface area contributed by atoms with Crippen LogP contribution in [0.3, 0.4) is 0 Å². The summed E-state index contributed by atoms with van der Waals surface area (Å²) in [5, 5.41) is 6.78. The summed E-state index contributed by atoms with van der Waals surface area (Å²) in [5.41, 5.74) is 1.55. The van der Waals surface area contributed by atoms with Gasteiger partial charge >= 0.3 is 0 Å². The van der Waals surface area contributed by atoms with E-state index in [1.807, 2.05) is 30.0 Å². The molecule has 0 radical (unpaired) electrons. The van der Waals surface area contributed by atoms with Crippen molar-refractivity contribution in [2.24, 2.45) is 0 Å². The maximum Gasteiger partial charge on any atom is 0.248 e. The molecule has 2 atom stereocenters. The molecule has 1 fully saturated rings. The van der Waals surface area contributed by atoms with Gasteiger partial charge in [0, 0.05) is 32.7 Å². The fourth-order valence-corrected chi connectivity index (χ4v) is 5.48. The minimum Gasteiger partial charge on any atom is -0.360 e. The van der Waals surface area contributed by atoms with Crippen LogP contribution in [0.25, 0.3) is 0 Å². The molecule has 164 valence electrons. The highest BCUT2D eigenvalue weighted by atomic mass is 32.2. The highest BCUT2D eigenvalue weighted by Gasteiger charge is 2.35. The molecule has 0 spiro atoms. The molecule has 9 heteroatoms. The van der Waals surface area contributed by atoms with Gasteiger partial charge in [-0.25, -0.2) is 8.42 Å². The van der Waals surface area contributed by atoms with Gasteiger partial charge in [-0.3, -0.25) is 9.69 Å². The van der Waals surface area contributed by atoms with Gasteiger partial charge in [0.2, 0.25) is 15.9 Å². The molecule has 1 aliphatic rings. The molecule has 0 aliphatic carbocycles. The molecule has 1 amide bonds. The van der Waals surface area contributed by atoms with E-state index in [2.05, 4.69) is 29.5 Å². The molecule has 1 aromatic heterocycles. The van der Waals surface area contributed by atoms with Gasteiger partial charge in [-0.2, -0.15) is 4.31 Å². The summed E-state index contributed by atoms with van der Waals surface area (Å²) in [7, 11) is -3.65. The van der Waals surface area contributed by atoms with Crippen LogP contribution >= 0.6 is 0 Å². The third-order valence-corrected chi connectivity index (χ3v) is 7.86. The number of nitrogens with zero attached hydrogens (tertiary/aromatic N) is 3. The van der Waals surface area contributed by atoms with Crippen molar-refractivity contribution in [3.05, 3.63) is 47.3 Å². The number of nitrogens with one attached hydrogen (secondary N) is 1. The number of sulfonamides is 1. The molecule has 8 nitrogen and oxygen atoms in total. The van der Waals surface area contributed by atoms with E-state index in [1.54, 1.807) is 13.8 Å². The molecule has 2 aromatic rings. The number of aromatic nitrogens is 1. The first-order valence-electron chi connectivity index (χ1n) is 10.2. The number of piperazine rings is 1. The maximum absolute atomic E-state index is 12.9. The van der Waals surface area contributed by atoms with Crippen molar-refractivity contribution in [3.8, 4) is 0 Å². The van der Waals surface area contributed by atoms with Gasteiger partial charge in [0.1, 0.15) is 10.6 Å². The molecule has 2 unspecified atom stereocenters. The van der Waals surface area contributed by atoms with E-state index in [0.717, 1.165) is 0 Å². The largest absolute Gasteiger partial charge is 0.360 e. The zero-order valence-corrected chi connectivity index (χ0v) is 18.8. The summed E-state index contributed by atoms with van der Waals surface area (Å²) in [6.07, 6.45) is 0. The van der Waals surface area contributed by atoms with Crippen LogP contribution in [0.15, 0.2) is 39.8 Å². The summed E-state index contributed by atoms with van der Waals surface area (Å²) < 4.78 is 32.3. The minimum absolute atomic E-state index is 0.0418. The summed E-state index contributed by atoms with van der Waals surface area (Å²) in [5.74, 6) is 0.481. The Bertz CT molecular complexity index is 947. The van der Waals surface area contributed by atoms with E-state index in [-0.39, 0.29) is 22.8 Å². The van der Waals surface area contributed by atoms with Crippen molar-refractivity contribution >= 4 is 15.9 Å². The van der Waals surface area contributed by atoms with Gasteiger partial charge < -0.3 is 9.84 Å². The van der Waals surface area contributed by atoms with Gasteiger partial charge in [0.05, 0.1) is 6.04 Å². The van der Waals surface area contributed by atoms with Crippen molar-refractivity contribution in [2.75, 3.05) is 32.7 Å². The lowest BCUT2D eigenvalue weighted by Gasteiger charge is -2.36. The van der Waals surface area contributed by atoms with Gasteiger partial charge in [0.25, 0.3) is 0 Å². The van der Waals surface area contributed by atoms with E-state index < -0.39 is 10.0 Å². The van der Waals surface area contributed by atoms with Gasteiger partial charge in [-0.15, -0.1) is 0 Å². The zero-order valence-electron chi connectivity index (χ0n) is 18.0. The number of rotatable bonds is 7. The van der Waals surface area contributed by atoms with Crippen molar-refractivity contribution in [1.29, 1.82) is 0 Å². The Hall–Kier alpha value is -2.23. The Morgan fingerprint density at radius 2 is 1.77 bits per heavy atom. The number of carbonyl (C=O) groups excluding carboxylic acids is 1. The highest BCUT2D eigenvalue weighted by molar-refractivity contribution is 7.89. The molecule has 0 bridgehead atoms. The summed E-state index contributed by atoms with van der Waals surface area (Å²) in [6, 6.07) is 9.75. The normalized spacial score (nSPS) is 18.1. The Morgan fingerprint density at radius 3 is 2.33 bits per heavy atom. The lowest BCUT2D eigenvalue weighted by Crippen LogP contribution is -2.55. The highest BCUT2D eigenvalue weighted by Crippen LogP contribution is 2.24. The predicted molar refractivity (Wildman–Crippen MR) is 114 cm³/mol. The molecule has 0 saturated carbocycles. The lowest BCUT2D eigenvalue weighted by molar-refractivity contribution is -0.126. The maximum atomic E-state index is 12.9. The third-order valence-electron chi connectivity index (χ3n) is 5.72. The van der Waals surface area contributed by atoms with E-state index in [1.165, 1.54) is 9.87 Å². The van der Waals surface area contributed by atoms with Crippen molar-refractivity contribution in [2.45, 2.75) is 44.6 Å². The van der Waals surface area contributed by atoms with Crippen LogP contribution in [0.5, 0.6) is 0 Å². The molecule has 1 aromatic carbocycles. The van der Waals surface area contributed by atoms with E-state index in [0.29, 0.717) is 44.2 Å². The number of aryl methyl sites for hydroxylation is 2. The molecule has 1 aliphatic heterocycles. The van der Waals surface area contributed by atoms with E-state index in [9.17, 15) is 13.2 Å². The van der Waals surface area contributed by atoms with Crippen molar-refractivity contribution < 1.29 is 17.7 Å².